The summed E-state index contributed by atoms with van der Waals surface area (Å²) in [6, 6.07) is 5.39. The van der Waals surface area contributed by atoms with Crippen LogP contribution >= 0.6 is 0 Å². The van der Waals surface area contributed by atoms with Gasteiger partial charge in [0.05, 0.1) is 11.6 Å². The molecule has 4 rings (SSSR count). The van der Waals surface area contributed by atoms with Crippen molar-refractivity contribution in [2.45, 2.75) is 30.1 Å². The molecule has 0 bridgehead atoms. The van der Waals surface area contributed by atoms with E-state index in [1.54, 1.807) is 35.2 Å². The Kier molecular flexibility index (Phi) is 5.74. The fraction of sp³-hybridized carbons (Fsp3) is 0.476. The predicted molar refractivity (Wildman–Crippen MR) is 113 cm³/mol. The van der Waals surface area contributed by atoms with Gasteiger partial charge < -0.3 is 9.80 Å². The smallest absolute Gasteiger partial charge is 0.227 e. The molecule has 2 amide bonds. The topological polar surface area (TPSA) is 113 Å². The SMILES string of the molecule is CN1C[C@H](C(=O)N2CCC(c3nc(-c4ccccn4)ncc3S(C)(=O)=O)CC2)CC1=O. The highest BCUT2D eigenvalue weighted by atomic mass is 32.2. The molecule has 4 heterocycles. The van der Waals surface area contributed by atoms with E-state index in [0.29, 0.717) is 49.7 Å². The van der Waals surface area contributed by atoms with Gasteiger partial charge in [0.15, 0.2) is 15.7 Å². The van der Waals surface area contributed by atoms with Crippen molar-refractivity contribution in [3.8, 4) is 11.5 Å². The van der Waals surface area contributed by atoms with E-state index in [0.717, 1.165) is 6.26 Å². The van der Waals surface area contributed by atoms with Crippen LogP contribution < -0.4 is 0 Å². The molecule has 2 aromatic rings. The van der Waals surface area contributed by atoms with Crippen molar-refractivity contribution in [3.05, 3.63) is 36.3 Å². The van der Waals surface area contributed by atoms with Crippen LogP contribution in [0.15, 0.2) is 35.5 Å². The lowest BCUT2D eigenvalue weighted by Gasteiger charge is -2.33. The molecule has 1 atom stereocenters. The van der Waals surface area contributed by atoms with Gasteiger partial charge in [-0.05, 0) is 25.0 Å². The second-order valence-electron chi connectivity index (χ2n) is 8.21. The summed E-state index contributed by atoms with van der Waals surface area (Å²) in [7, 11) is -1.79. The zero-order valence-electron chi connectivity index (χ0n) is 17.6. The van der Waals surface area contributed by atoms with Crippen molar-refractivity contribution in [3.63, 3.8) is 0 Å². The Morgan fingerprint density at radius 1 is 1.16 bits per heavy atom. The molecule has 31 heavy (non-hydrogen) atoms. The number of rotatable bonds is 4. The van der Waals surface area contributed by atoms with Crippen LogP contribution in [0.4, 0.5) is 0 Å². The Bertz CT molecular complexity index is 1100. The largest absolute Gasteiger partial charge is 0.345 e. The normalized spacial score (nSPS) is 20.3. The number of likely N-dealkylation sites (tertiary alicyclic amines) is 2. The third-order valence-electron chi connectivity index (χ3n) is 5.96. The van der Waals surface area contributed by atoms with Crippen LogP contribution in [0, 0.1) is 5.92 Å². The molecule has 164 valence electrons. The molecule has 0 N–H and O–H groups in total. The summed E-state index contributed by atoms with van der Waals surface area (Å²) in [4.78, 5) is 41.2. The number of nitrogens with zero attached hydrogens (tertiary/aromatic N) is 5. The fourth-order valence-electron chi connectivity index (χ4n) is 4.24. The molecular formula is C21H25N5O4S. The Balaban J connectivity index is 1.54. The van der Waals surface area contributed by atoms with E-state index >= 15 is 0 Å². The first-order valence-electron chi connectivity index (χ1n) is 10.2. The number of hydrogen-bond donors (Lipinski definition) is 0. The van der Waals surface area contributed by atoms with E-state index in [4.69, 9.17) is 0 Å². The van der Waals surface area contributed by atoms with Gasteiger partial charge in [0.25, 0.3) is 0 Å². The molecule has 0 radical (unpaired) electrons. The van der Waals surface area contributed by atoms with Crippen LogP contribution in [0.2, 0.25) is 0 Å². The number of piperidine rings is 1. The van der Waals surface area contributed by atoms with Gasteiger partial charge in [-0.25, -0.2) is 18.4 Å². The zero-order chi connectivity index (χ0) is 22.2. The minimum atomic E-state index is -3.51. The molecule has 0 aliphatic carbocycles. The summed E-state index contributed by atoms with van der Waals surface area (Å²) >= 11 is 0. The molecule has 0 spiro atoms. The van der Waals surface area contributed by atoms with E-state index < -0.39 is 9.84 Å². The quantitative estimate of drug-likeness (QED) is 0.696. The molecule has 2 aliphatic heterocycles. The van der Waals surface area contributed by atoms with Gasteiger partial charge in [0.1, 0.15) is 10.6 Å². The summed E-state index contributed by atoms with van der Waals surface area (Å²) in [6.07, 6.45) is 5.61. The molecule has 2 fully saturated rings. The first-order valence-corrected chi connectivity index (χ1v) is 12.1. The standard InChI is InChI=1S/C21H25N5O4S/c1-25-13-15(11-18(25)27)21(28)26-9-6-14(7-10-26)19-17(31(2,29)30)12-23-20(24-19)16-5-3-4-8-22-16/h3-5,8,12,14-15H,6-7,9-11,13H2,1-2H3/t15-/m1/s1. The maximum absolute atomic E-state index is 12.8. The highest BCUT2D eigenvalue weighted by Gasteiger charge is 2.37. The highest BCUT2D eigenvalue weighted by molar-refractivity contribution is 7.90. The molecule has 2 aromatic heterocycles. The Morgan fingerprint density at radius 3 is 2.48 bits per heavy atom. The Morgan fingerprint density at radius 2 is 1.90 bits per heavy atom. The average Bonchev–Trinajstić information content (AvgIpc) is 3.11. The van der Waals surface area contributed by atoms with E-state index in [9.17, 15) is 18.0 Å². The first-order chi connectivity index (χ1) is 14.7. The number of sulfone groups is 1. The van der Waals surface area contributed by atoms with E-state index in [1.165, 1.54) is 6.20 Å². The third-order valence-corrected chi connectivity index (χ3v) is 7.07. The van der Waals surface area contributed by atoms with Crippen molar-refractivity contribution in [2.75, 3.05) is 32.9 Å². The second-order valence-corrected chi connectivity index (χ2v) is 10.2. The van der Waals surface area contributed by atoms with Crippen LogP contribution in [0.1, 0.15) is 30.9 Å². The minimum Gasteiger partial charge on any atom is -0.345 e. The Hall–Kier alpha value is -2.88. The minimum absolute atomic E-state index is 0.00338. The van der Waals surface area contributed by atoms with E-state index in [-0.39, 0.29) is 35.0 Å². The van der Waals surface area contributed by atoms with Crippen molar-refractivity contribution >= 4 is 21.7 Å². The average molecular weight is 444 g/mol. The van der Waals surface area contributed by atoms with Gasteiger partial charge in [0.2, 0.25) is 11.8 Å². The molecule has 0 unspecified atom stereocenters. The molecule has 0 aromatic carbocycles. The lowest BCUT2D eigenvalue weighted by molar-refractivity contribution is -0.136. The Labute approximate surface area is 181 Å². The summed E-state index contributed by atoms with van der Waals surface area (Å²) in [5.74, 6) is -0.0259. The lowest BCUT2D eigenvalue weighted by atomic mass is 9.92. The van der Waals surface area contributed by atoms with Gasteiger partial charge >= 0.3 is 0 Å². The van der Waals surface area contributed by atoms with Crippen molar-refractivity contribution in [1.29, 1.82) is 0 Å². The summed E-state index contributed by atoms with van der Waals surface area (Å²) in [5.41, 5.74) is 1.06. The number of carbonyl (C=O) groups is 2. The van der Waals surface area contributed by atoms with E-state index in [1.807, 2.05) is 6.07 Å². The van der Waals surface area contributed by atoms with Crippen LogP contribution in [-0.2, 0) is 19.4 Å². The highest BCUT2D eigenvalue weighted by Crippen LogP contribution is 2.33. The maximum atomic E-state index is 12.8. The van der Waals surface area contributed by atoms with Crippen LogP contribution in [0.3, 0.4) is 0 Å². The zero-order valence-corrected chi connectivity index (χ0v) is 18.4. The van der Waals surface area contributed by atoms with Crippen LogP contribution in [-0.4, -0.2) is 77.9 Å². The molecule has 2 aliphatic rings. The van der Waals surface area contributed by atoms with Gasteiger partial charge in [-0.15, -0.1) is 0 Å². The molecule has 0 saturated carbocycles. The molecule has 10 heteroatoms. The summed E-state index contributed by atoms with van der Waals surface area (Å²) in [6.45, 7) is 1.46. The number of carbonyl (C=O) groups excluding carboxylic acids is 2. The second kappa shape index (κ2) is 8.33. The van der Waals surface area contributed by atoms with E-state index in [2.05, 4.69) is 15.0 Å². The third kappa shape index (κ3) is 4.43. The van der Waals surface area contributed by atoms with Crippen molar-refractivity contribution < 1.29 is 18.0 Å². The molecule has 9 nitrogen and oxygen atoms in total. The van der Waals surface area contributed by atoms with Crippen molar-refractivity contribution in [2.24, 2.45) is 5.92 Å². The molecular weight excluding hydrogens is 418 g/mol. The fourth-order valence-corrected chi connectivity index (χ4v) is 5.08. The van der Waals surface area contributed by atoms with Gasteiger partial charge in [0, 0.05) is 57.7 Å². The lowest BCUT2D eigenvalue weighted by Crippen LogP contribution is -2.42. The number of aromatic nitrogens is 3. The van der Waals surface area contributed by atoms with Gasteiger partial charge in [-0.2, -0.15) is 0 Å². The maximum Gasteiger partial charge on any atom is 0.227 e. The first kappa shape index (κ1) is 21.4. The van der Waals surface area contributed by atoms with Crippen molar-refractivity contribution in [1.82, 2.24) is 24.8 Å². The van der Waals surface area contributed by atoms with Crippen LogP contribution in [0.5, 0.6) is 0 Å². The van der Waals surface area contributed by atoms with Gasteiger partial charge in [-0.3, -0.25) is 14.6 Å². The summed E-state index contributed by atoms with van der Waals surface area (Å²) in [5, 5.41) is 0. The monoisotopic (exact) mass is 443 g/mol. The number of pyridine rings is 1. The number of hydrogen-bond acceptors (Lipinski definition) is 7. The summed E-state index contributed by atoms with van der Waals surface area (Å²) < 4.78 is 24.7. The number of amides is 2. The van der Waals surface area contributed by atoms with Crippen LogP contribution in [0.25, 0.3) is 11.5 Å². The van der Waals surface area contributed by atoms with Gasteiger partial charge in [-0.1, -0.05) is 6.07 Å². The molecule has 2 saturated heterocycles. The predicted octanol–water partition coefficient (Wildman–Crippen LogP) is 1.13.